The monoisotopic (exact) mass is 362 g/mol. The molecule has 0 bridgehead atoms. The van der Waals surface area contributed by atoms with Crippen molar-refractivity contribution in [3.63, 3.8) is 0 Å². The normalized spacial score (nSPS) is 10.5. The lowest BCUT2D eigenvalue weighted by Gasteiger charge is -2.12. The van der Waals surface area contributed by atoms with E-state index in [0.29, 0.717) is 16.1 Å². The minimum absolute atomic E-state index is 0.0842. The van der Waals surface area contributed by atoms with Gasteiger partial charge in [-0.05, 0) is 23.8 Å². The van der Waals surface area contributed by atoms with E-state index in [4.69, 9.17) is 27.9 Å². The van der Waals surface area contributed by atoms with Gasteiger partial charge in [0.05, 0.1) is 10.0 Å². The van der Waals surface area contributed by atoms with Crippen LogP contribution in [0.5, 0.6) is 5.75 Å². The fourth-order valence-electron chi connectivity index (χ4n) is 1.61. The Balaban J connectivity index is 2.16. The largest absolute Gasteiger partial charge is 0.487 e. The molecule has 0 radical (unpaired) electrons. The summed E-state index contributed by atoms with van der Waals surface area (Å²) in [5, 5.41) is 1.28. The molecule has 0 atom stereocenters. The summed E-state index contributed by atoms with van der Waals surface area (Å²) in [4.78, 5) is 0. The van der Waals surface area contributed by atoms with E-state index in [1.165, 1.54) is 6.07 Å². The maximum atomic E-state index is 13.0. The highest BCUT2D eigenvalue weighted by Gasteiger charge is 2.08. The summed E-state index contributed by atoms with van der Waals surface area (Å²) in [5.41, 5.74) is 1.74. The molecule has 2 aromatic rings. The predicted molar refractivity (Wildman–Crippen MR) is 79.8 cm³/mol. The van der Waals surface area contributed by atoms with Crippen LogP contribution in [0.3, 0.4) is 0 Å². The molecule has 0 aliphatic rings. The molecule has 1 nitrogen and oxygen atoms in total. The molecule has 0 fully saturated rings. The van der Waals surface area contributed by atoms with Gasteiger partial charge in [0.15, 0.2) is 0 Å². The third-order valence-electron chi connectivity index (χ3n) is 2.56. The molecule has 0 aliphatic heterocycles. The van der Waals surface area contributed by atoms with Crippen LogP contribution in [0.25, 0.3) is 0 Å². The molecule has 0 aliphatic carbocycles. The Hall–Kier alpha value is -0.770. The average molecular weight is 364 g/mol. The number of hydrogen-bond acceptors (Lipinski definition) is 1. The molecule has 2 aromatic carbocycles. The SMILES string of the molecule is Fc1ccc(COc2c(Cl)cccc2CBr)cc1Cl. The van der Waals surface area contributed by atoms with Crippen LogP contribution in [-0.2, 0) is 11.9 Å². The Morgan fingerprint density at radius 2 is 1.89 bits per heavy atom. The first kappa shape index (κ1) is 14.6. The Morgan fingerprint density at radius 1 is 1.11 bits per heavy atom. The first-order chi connectivity index (χ1) is 9.11. The topological polar surface area (TPSA) is 9.23 Å². The summed E-state index contributed by atoms with van der Waals surface area (Å²) in [7, 11) is 0. The summed E-state index contributed by atoms with van der Waals surface area (Å²) < 4.78 is 18.7. The van der Waals surface area contributed by atoms with Crippen LogP contribution in [0.15, 0.2) is 36.4 Å². The highest BCUT2D eigenvalue weighted by Crippen LogP contribution is 2.31. The molecule has 0 N–H and O–H groups in total. The van der Waals surface area contributed by atoms with Crippen LogP contribution >= 0.6 is 39.1 Å². The van der Waals surface area contributed by atoms with E-state index in [2.05, 4.69) is 15.9 Å². The zero-order valence-corrected chi connectivity index (χ0v) is 12.9. The third-order valence-corrected chi connectivity index (χ3v) is 3.75. The van der Waals surface area contributed by atoms with Crippen molar-refractivity contribution in [1.82, 2.24) is 0 Å². The second kappa shape index (κ2) is 6.60. The Morgan fingerprint density at radius 3 is 2.58 bits per heavy atom. The Labute approximate surface area is 129 Å². The van der Waals surface area contributed by atoms with E-state index < -0.39 is 5.82 Å². The van der Waals surface area contributed by atoms with Crippen LogP contribution < -0.4 is 4.74 Å². The van der Waals surface area contributed by atoms with Crippen molar-refractivity contribution in [3.8, 4) is 5.75 Å². The van der Waals surface area contributed by atoms with Crippen molar-refractivity contribution in [1.29, 1.82) is 0 Å². The van der Waals surface area contributed by atoms with E-state index in [9.17, 15) is 4.39 Å². The van der Waals surface area contributed by atoms with Crippen molar-refractivity contribution in [3.05, 3.63) is 63.4 Å². The van der Waals surface area contributed by atoms with Gasteiger partial charge in [-0.1, -0.05) is 57.3 Å². The summed E-state index contributed by atoms with van der Waals surface area (Å²) in [6, 6.07) is 10.0. The van der Waals surface area contributed by atoms with Gasteiger partial charge in [0.25, 0.3) is 0 Å². The Bertz CT molecular complexity index is 590. The highest BCUT2D eigenvalue weighted by molar-refractivity contribution is 9.08. The predicted octanol–water partition coefficient (Wildman–Crippen LogP) is 5.61. The molecule has 19 heavy (non-hydrogen) atoms. The standard InChI is InChI=1S/C14H10BrCl2FO/c15-7-10-2-1-3-11(16)14(10)19-8-9-4-5-13(18)12(17)6-9/h1-6H,7-8H2. The molecule has 100 valence electrons. The third kappa shape index (κ3) is 3.62. The second-order valence-electron chi connectivity index (χ2n) is 3.90. The van der Waals surface area contributed by atoms with Crippen molar-refractivity contribution in [2.24, 2.45) is 0 Å². The van der Waals surface area contributed by atoms with Crippen LogP contribution in [0.4, 0.5) is 4.39 Å². The van der Waals surface area contributed by atoms with E-state index in [-0.39, 0.29) is 11.6 Å². The molecular weight excluding hydrogens is 354 g/mol. The maximum Gasteiger partial charge on any atom is 0.142 e. The van der Waals surface area contributed by atoms with Gasteiger partial charge in [0.1, 0.15) is 18.2 Å². The molecular formula is C14H10BrCl2FO. The molecule has 0 aromatic heterocycles. The summed E-state index contributed by atoms with van der Waals surface area (Å²) >= 11 is 15.2. The molecule has 0 saturated heterocycles. The van der Waals surface area contributed by atoms with Gasteiger partial charge in [-0.15, -0.1) is 0 Å². The molecule has 2 rings (SSSR count). The molecule has 5 heteroatoms. The lowest BCUT2D eigenvalue weighted by molar-refractivity contribution is 0.304. The van der Waals surface area contributed by atoms with Gasteiger partial charge in [0.2, 0.25) is 0 Å². The minimum atomic E-state index is -0.440. The number of halogens is 4. The van der Waals surface area contributed by atoms with Gasteiger partial charge in [-0.2, -0.15) is 0 Å². The smallest absolute Gasteiger partial charge is 0.142 e. The van der Waals surface area contributed by atoms with Crippen LogP contribution in [0, 0.1) is 5.82 Å². The van der Waals surface area contributed by atoms with Gasteiger partial charge in [0, 0.05) is 10.9 Å². The highest BCUT2D eigenvalue weighted by atomic mass is 79.9. The molecule has 0 saturated carbocycles. The van der Waals surface area contributed by atoms with Crippen LogP contribution in [-0.4, -0.2) is 0 Å². The quantitative estimate of drug-likeness (QED) is 0.642. The van der Waals surface area contributed by atoms with Crippen LogP contribution in [0.1, 0.15) is 11.1 Å². The molecule has 0 heterocycles. The van der Waals surface area contributed by atoms with Gasteiger partial charge in [-0.25, -0.2) is 4.39 Å². The Kier molecular flexibility index (Phi) is 5.08. The number of rotatable bonds is 4. The van der Waals surface area contributed by atoms with E-state index in [1.807, 2.05) is 12.1 Å². The lowest BCUT2D eigenvalue weighted by atomic mass is 10.2. The van der Waals surface area contributed by atoms with Crippen molar-refractivity contribution in [2.45, 2.75) is 11.9 Å². The molecule has 0 amide bonds. The summed E-state index contributed by atoms with van der Waals surface area (Å²) in [5.74, 6) is 0.186. The zero-order chi connectivity index (χ0) is 13.8. The minimum Gasteiger partial charge on any atom is -0.487 e. The zero-order valence-electron chi connectivity index (χ0n) is 9.80. The number of ether oxygens (including phenoxy) is 1. The van der Waals surface area contributed by atoms with Gasteiger partial charge in [-0.3, -0.25) is 0 Å². The second-order valence-corrected chi connectivity index (χ2v) is 5.27. The first-order valence-electron chi connectivity index (χ1n) is 5.52. The number of hydrogen-bond donors (Lipinski definition) is 0. The lowest BCUT2D eigenvalue weighted by Crippen LogP contribution is -1.99. The maximum absolute atomic E-state index is 13.0. The van der Waals surface area contributed by atoms with E-state index in [0.717, 1.165) is 11.1 Å². The van der Waals surface area contributed by atoms with Gasteiger partial charge >= 0.3 is 0 Å². The first-order valence-corrected chi connectivity index (χ1v) is 7.39. The van der Waals surface area contributed by atoms with Crippen molar-refractivity contribution >= 4 is 39.1 Å². The van der Waals surface area contributed by atoms with E-state index >= 15 is 0 Å². The molecule has 0 unspecified atom stereocenters. The summed E-state index contributed by atoms with van der Waals surface area (Å²) in [6.07, 6.45) is 0. The average Bonchev–Trinajstić information content (AvgIpc) is 2.41. The van der Waals surface area contributed by atoms with E-state index in [1.54, 1.807) is 18.2 Å². The number of para-hydroxylation sites is 1. The molecule has 0 spiro atoms. The van der Waals surface area contributed by atoms with Crippen LogP contribution in [0.2, 0.25) is 10.0 Å². The fraction of sp³-hybridized carbons (Fsp3) is 0.143. The fourth-order valence-corrected chi connectivity index (χ4v) is 2.50. The van der Waals surface area contributed by atoms with Gasteiger partial charge < -0.3 is 4.74 Å². The summed E-state index contributed by atoms with van der Waals surface area (Å²) in [6.45, 7) is 0.281. The van der Waals surface area contributed by atoms with Crippen molar-refractivity contribution in [2.75, 3.05) is 0 Å². The number of alkyl halides is 1. The van der Waals surface area contributed by atoms with Crippen molar-refractivity contribution < 1.29 is 9.13 Å². The number of benzene rings is 2.